The summed E-state index contributed by atoms with van der Waals surface area (Å²) in [5.41, 5.74) is 1.39. The third-order valence-corrected chi connectivity index (χ3v) is 5.03. The molecular weight excluding hydrogens is 341 g/mol. The van der Waals surface area contributed by atoms with Gasteiger partial charge in [-0.15, -0.1) is 0 Å². The number of rotatable bonds is 3. The minimum Gasteiger partial charge on any atom is -0.456 e. The number of esters is 1. The zero-order valence-electron chi connectivity index (χ0n) is 14.1. The van der Waals surface area contributed by atoms with Gasteiger partial charge < -0.3 is 15.0 Å². The van der Waals surface area contributed by atoms with Crippen molar-refractivity contribution >= 4 is 17.9 Å². The molecule has 0 saturated carbocycles. The molecule has 0 radical (unpaired) electrons. The van der Waals surface area contributed by atoms with Crippen LogP contribution in [0.5, 0.6) is 0 Å². The Morgan fingerprint density at radius 3 is 2.85 bits per heavy atom. The van der Waals surface area contributed by atoms with Gasteiger partial charge in [0.05, 0.1) is 17.2 Å². The van der Waals surface area contributed by atoms with E-state index in [1.165, 1.54) is 18.2 Å². The zero-order chi connectivity index (χ0) is 18.4. The number of benzene rings is 1. The first kappa shape index (κ1) is 16.6. The summed E-state index contributed by atoms with van der Waals surface area (Å²) >= 11 is 0. The van der Waals surface area contributed by atoms with Gasteiger partial charge in [0.2, 0.25) is 5.91 Å². The second kappa shape index (κ2) is 6.12. The van der Waals surface area contributed by atoms with E-state index in [1.807, 2.05) is 6.92 Å². The number of hydrogen-bond acceptors (Lipinski definition) is 5. The molecule has 3 atom stereocenters. The monoisotopic (exact) mass is 359 g/mol. The summed E-state index contributed by atoms with van der Waals surface area (Å²) in [5, 5.41) is 5.50. The van der Waals surface area contributed by atoms with Crippen molar-refractivity contribution in [2.24, 2.45) is 5.92 Å². The van der Waals surface area contributed by atoms with Gasteiger partial charge in [0, 0.05) is 12.5 Å². The Labute approximate surface area is 149 Å². The van der Waals surface area contributed by atoms with E-state index in [-0.39, 0.29) is 6.61 Å². The Kier molecular flexibility index (Phi) is 3.90. The van der Waals surface area contributed by atoms with Gasteiger partial charge in [-0.05, 0) is 24.1 Å². The van der Waals surface area contributed by atoms with Crippen molar-refractivity contribution in [2.75, 3.05) is 13.2 Å². The van der Waals surface area contributed by atoms with Crippen molar-refractivity contribution in [2.45, 2.75) is 25.4 Å². The number of hydrogen-bond donors (Lipinski definition) is 2. The molecule has 1 aromatic rings. The summed E-state index contributed by atoms with van der Waals surface area (Å²) in [5.74, 6) is -2.91. The van der Waals surface area contributed by atoms with Crippen molar-refractivity contribution in [3.05, 3.63) is 46.9 Å². The average molecular weight is 359 g/mol. The highest BCUT2D eigenvalue weighted by Gasteiger charge is 2.53. The maximum Gasteiger partial charge on any atom is 0.336 e. The fourth-order valence-electron chi connectivity index (χ4n) is 3.99. The Bertz CT molecular complexity index is 837. The normalized spacial score (nSPS) is 27.5. The van der Waals surface area contributed by atoms with E-state index >= 15 is 0 Å². The van der Waals surface area contributed by atoms with E-state index < -0.39 is 41.7 Å². The van der Waals surface area contributed by atoms with Crippen LogP contribution >= 0.6 is 0 Å². The third kappa shape index (κ3) is 2.44. The van der Waals surface area contributed by atoms with Gasteiger partial charge in [0.15, 0.2) is 0 Å². The number of fused-ring (bicyclic) bond motifs is 1. The van der Waals surface area contributed by atoms with E-state index in [0.717, 1.165) is 0 Å². The van der Waals surface area contributed by atoms with E-state index in [9.17, 15) is 18.8 Å². The number of carbonyl (C=O) groups excluding carboxylic acids is 3. The first-order valence-electron chi connectivity index (χ1n) is 8.55. The van der Waals surface area contributed by atoms with E-state index in [0.29, 0.717) is 29.8 Å². The first-order chi connectivity index (χ1) is 12.5. The molecule has 1 fully saturated rings. The number of cyclic esters (lactones) is 1. The Hall–Kier alpha value is -2.90. The lowest BCUT2D eigenvalue weighted by atomic mass is 9.74. The maximum absolute atomic E-state index is 13.8. The molecular formula is C18H18FN3O4. The molecule has 0 bridgehead atoms. The summed E-state index contributed by atoms with van der Waals surface area (Å²) in [6.07, 6.45) is 0.0936. The number of urea groups is 1. The standard InChI is InChI=1S/C18H18FN3O4/c1-2-6-22-15-14(16(23)21-18(22)25)12(9-4-3-5-10(19)7-9)13-11(20-15)8-26-17(13)24/h3-5,7,12,14-15,20H,2,6,8H2,1H3,(H,21,23,25). The minimum absolute atomic E-state index is 0.0545. The molecule has 0 aliphatic carbocycles. The molecule has 3 aliphatic rings. The van der Waals surface area contributed by atoms with Crippen molar-refractivity contribution in [1.82, 2.24) is 15.5 Å². The molecule has 8 heteroatoms. The molecule has 7 nitrogen and oxygen atoms in total. The summed E-state index contributed by atoms with van der Waals surface area (Å²) in [7, 11) is 0. The molecule has 3 aliphatic heterocycles. The van der Waals surface area contributed by atoms with E-state index in [2.05, 4.69) is 10.6 Å². The smallest absolute Gasteiger partial charge is 0.336 e. The van der Waals surface area contributed by atoms with Crippen LogP contribution in [0.4, 0.5) is 9.18 Å². The van der Waals surface area contributed by atoms with Gasteiger partial charge in [-0.25, -0.2) is 14.0 Å². The fraction of sp³-hybridized carbons (Fsp3) is 0.389. The molecule has 3 amide bonds. The lowest BCUT2D eigenvalue weighted by molar-refractivity contribution is -0.136. The molecule has 136 valence electrons. The second-order valence-corrected chi connectivity index (χ2v) is 6.60. The van der Waals surface area contributed by atoms with Gasteiger partial charge >= 0.3 is 12.0 Å². The summed E-state index contributed by atoms with van der Waals surface area (Å²) in [6, 6.07) is 5.37. The number of nitrogens with one attached hydrogen (secondary N) is 2. The summed E-state index contributed by atoms with van der Waals surface area (Å²) < 4.78 is 19.0. The van der Waals surface area contributed by atoms with E-state index in [4.69, 9.17) is 4.74 Å². The van der Waals surface area contributed by atoms with Gasteiger partial charge in [-0.1, -0.05) is 19.1 Å². The molecule has 3 heterocycles. The van der Waals surface area contributed by atoms with Crippen LogP contribution in [0.2, 0.25) is 0 Å². The van der Waals surface area contributed by atoms with Crippen molar-refractivity contribution < 1.29 is 23.5 Å². The molecule has 1 saturated heterocycles. The Balaban J connectivity index is 1.86. The molecule has 26 heavy (non-hydrogen) atoms. The number of carbonyl (C=O) groups is 3. The Morgan fingerprint density at radius 1 is 1.31 bits per heavy atom. The Morgan fingerprint density at radius 2 is 2.12 bits per heavy atom. The molecule has 0 aromatic heterocycles. The lowest BCUT2D eigenvalue weighted by Gasteiger charge is -2.46. The zero-order valence-corrected chi connectivity index (χ0v) is 14.1. The van der Waals surface area contributed by atoms with Gasteiger partial charge in [-0.2, -0.15) is 0 Å². The molecule has 2 N–H and O–H groups in total. The highest BCUT2D eigenvalue weighted by atomic mass is 19.1. The number of halogens is 1. The fourth-order valence-corrected chi connectivity index (χ4v) is 3.99. The van der Waals surface area contributed by atoms with Crippen LogP contribution in [-0.2, 0) is 14.3 Å². The van der Waals surface area contributed by atoms with E-state index in [1.54, 1.807) is 11.0 Å². The molecule has 3 unspecified atom stereocenters. The predicted octanol–water partition coefficient (Wildman–Crippen LogP) is 1.23. The van der Waals surface area contributed by atoms with Crippen LogP contribution in [0, 0.1) is 11.7 Å². The van der Waals surface area contributed by atoms with Crippen molar-refractivity contribution in [1.29, 1.82) is 0 Å². The lowest BCUT2D eigenvalue weighted by Crippen LogP contribution is -2.67. The van der Waals surface area contributed by atoms with Crippen LogP contribution in [0.25, 0.3) is 0 Å². The SMILES string of the molecule is CCCN1C(=O)NC(=O)C2C(c3cccc(F)c3)C3=C(COC3=O)NC21. The number of imide groups is 1. The van der Waals surface area contributed by atoms with Crippen LogP contribution in [0.1, 0.15) is 24.8 Å². The number of amides is 3. The van der Waals surface area contributed by atoms with Crippen LogP contribution in [0.3, 0.4) is 0 Å². The number of ether oxygens (including phenoxy) is 1. The summed E-state index contributed by atoms with van der Waals surface area (Å²) in [4.78, 5) is 38.8. The van der Waals surface area contributed by atoms with Crippen molar-refractivity contribution in [3.63, 3.8) is 0 Å². The van der Waals surface area contributed by atoms with Gasteiger partial charge in [-0.3, -0.25) is 10.1 Å². The quantitative estimate of drug-likeness (QED) is 0.793. The van der Waals surface area contributed by atoms with Crippen LogP contribution < -0.4 is 10.6 Å². The third-order valence-electron chi connectivity index (χ3n) is 5.03. The molecule has 1 aromatic carbocycles. The van der Waals surface area contributed by atoms with Gasteiger partial charge in [0.25, 0.3) is 0 Å². The highest BCUT2D eigenvalue weighted by molar-refractivity contribution is 6.02. The minimum atomic E-state index is -0.759. The average Bonchev–Trinajstić information content (AvgIpc) is 2.98. The van der Waals surface area contributed by atoms with Gasteiger partial charge in [0.1, 0.15) is 18.6 Å². The number of nitrogens with zero attached hydrogens (tertiary/aromatic N) is 1. The highest BCUT2D eigenvalue weighted by Crippen LogP contribution is 2.43. The largest absolute Gasteiger partial charge is 0.456 e. The van der Waals surface area contributed by atoms with Crippen molar-refractivity contribution in [3.8, 4) is 0 Å². The van der Waals surface area contributed by atoms with Crippen LogP contribution in [-0.4, -0.2) is 42.1 Å². The first-order valence-corrected chi connectivity index (χ1v) is 8.55. The predicted molar refractivity (Wildman–Crippen MR) is 88.1 cm³/mol. The maximum atomic E-state index is 13.8. The molecule has 0 spiro atoms. The second-order valence-electron chi connectivity index (χ2n) is 6.60. The molecule has 4 rings (SSSR count). The topological polar surface area (TPSA) is 87.7 Å². The summed E-state index contributed by atoms with van der Waals surface area (Å²) in [6.45, 7) is 2.43. The van der Waals surface area contributed by atoms with Crippen LogP contribution in [0.15, 0.2) is 35.5 Å².